The number of hydrogen-bond donors (Lipinski definition) is 1. The summed E-state index contributed by atoms with van der Waals surface area (Å²) in [4.78, 5) is 14.3. The van der Waals surface area contributed by atoms with Crippen LogP contribution in [-0.2, 0) is 0 Å². The van der Waals surface area contributed by atoms with Crippen molar-refractivity contribution in [1.29, 1.82) is 5.26 Å². The molecule has 1 aliphatic rings. The molecule has 0 radical (unpaired) electrons. The lowest BCUT2D eigenvalue weighted by Crippen LogP contribution is -2.25. The molecule has 0 spiro atoms. The Labute approximate surface area is 126 Å². The summed E-state index contributed by atoms with van der Waals surface area (Å²) in [6.07, 6.45) is 4.92. The van der Waals surface area contributed by atoms with Crippen LogP contribution in [0.3, 0.4) is 0 Å². The van der Waals surface area contributed by atoms with Gasteiger partial charge in [0.05, 0.1) is 17.7 Å². The number of nitrogens with zero attached hydrogens (tertiary/aromatic N) is 1. The van der Waals surface area contributed by atoms with Gasteiger partial charge in [0.2, 0.25) is 5.56 Å². The molecule has 106 valence electrons. The molecule has 0 atom stereocenters. The van der Waals surface area contributed by atoms with E-state index in [-0.39, 0.29) is 11.7 Å². The number of nitrogens with one attached hydrogen (secondary N) is 1. The van der Waals surface area contributed by atoms with Crippen LogP contribution in [-0.4, -0.2) is 11.1 Å². The third kappa shape index (κ3) is 2.79. The molecule has 1 N–H and O–H groups in total. The molecular weight excluding hydrogens is 288 g/mol. The maximum Gasteiger partial charge on any atom is 0.248 e. The van der Waals surface area contributed by atoms with Crippen molar-refractivity contribution in [2.24, 2.45) is 0 Å². The van der Waals surface area contributed by atoms with Gasteiger partial charge < -0.3 is 9.72 Å². The van der Waals surface area contributed by atoms with Gasteiger partial charge in [0.1, 0.15) is 5.75 Å². The first-order valence-corrected chi connectivity index (χ1v) is 7.14. The number of H-pyrrole nitrogens is 1. The minimum Gasteiger partial charge on any atom is -0.488 e. The van der Waals surface area contributed by atoms with Gasteiger partial charge in [0, 0.05) is 28.4 Å². The Morgan fingerprint density at radius 1 is 1.29 bits per heavy atom. The highest BCUT2D eigenvalue weighted by molar-refractivity contribution is 6.31. The van der Waals surface area contributed by atoms with E-state index >= 15 is 0 Å². The molecule has 1 aromatic carbocycles. The van der Waals surface area contributed by atoms with E-state index in [9.17, 15) is 10.1 Å². The summed E-state index contributed by atoms with van der Waals surface area (Å²) in [5, 5.41) is 9.76. The molecule has 0 amide bonds. The molecule has 1 fully saturated rings. The average Bonchev–Trinajstić information content (AvgIpc) is 2.44. The quantitative estimate of drug-likeness (QED) is 0.943. The van der Waals surface area contributed by atoms with Crippen LogP contribution in [0.5, 0.6) is 5.75 Å². The van der Waals surface area contributed by atoms with Crippen LogP contribution in [0.15, 0.2) is 35.3 Å². The summed E-state index contributed by atoms with van der Waals surface area (Å²) in [5.74, 6) is 0.582. The zero-order valence-corrected chi connectivity index (χ0v) is 12.0. The van der Waals surface area contributed by atoms with Gasteiger partial charge in [-0.25, -0.2) is 0 Å². The number of hydrogen-bond acceptors (Lipinski definition) is 3. The fraction of sp³-hybridized carbons (Fsp3) is 0.250. The van der Waals surface area contributed by atoms with Gasteiger partial charge in [0.15, 0.2) is 0 Å². The van der Waals surface area contributed by atoms with Crippen LogP contribution in [0.4, 0.5) is 0 Å². The van der Waals surface area contributed by atoms with Gasteiger partial charge in [-0.1, -0.05) is 11.6 Å². The van der Waals surface area contributed by atoms with E-state index in [1.807, 2.05) is 0 Å². The van der Waals surface area contributed by atoms with Gasteiger partial charge in [-0.3, -0.25) is 4.79 Å². The van der Waals surface area contributed by atoms with Crippen LogP contribution in [0.25, 0.3) is 11.1 Å². The van der Waals surface area contributed by atoms with Gasteiger partial charge >= 0.3 is 0 Å². The Hall–Kier alpha value is -2.25. The molecule has 21 heavy (non-hydrogen) atoms. The second-order valence-electron chi connectivity index (χ2n) is 5.05. The van der Waals surface area contributed by atoms with Crippen molar-refractivity contribution in [3.63, 3.8) is 0 Å². The lowest BCUT2D eigenvalue weighted by molar-refractivity contribution is 0.120. The predicted molar refractivity (Wildman–Crippen MR) is 80.5 cm³/mol. The predicted octanol–water partition coefficient (Wildman–Crippen LogP) is 3.50. The van der Waals surface area contributed by atoms with Gasteiger partial charge in [-0.15, -0.1) is 0 Å². The minimum absolute atomic E-state index is 0.180. The van der Waals surface area contributed by atoms with Crippen LogP contribution >= 0.6 is 11.6 Å². The molecule has 2 aromatic rings. The molecule has 4 nitrogen and oxygen atoms in total. The van der Waals surface area contributed by atoms with E-state index in [4.69, 9.17) is 16.3 Å². The zero-order valence-electron chi connectivity index (χ0n) is 11.2. The highest BCUT2D eigenvalue weighted by atomic mass is 35.5. The van der Waals surface area contributed by atoms with Crippen molar-refractivity contribution in [1.82, 2.24) is 4.98 Å². The first-order chi connectivity index (χ1) is 10.2. The Morgan fingerprint density at radius 3 is 2.76 bits per heavy atom. The normalized spacial score (nSPS) is 14.3. The Balaban J connectivity index is 2.12. The van der Waals surface area contributed by atoms with Crippen molar-refractivity contribution in [2.45, 2.75) is 25.4 Å². The molecule has 0 bridgehead atoms. The molecule has 0 unspecified atom stereocenters. The summed E-state index contributed by atoms with van der Waals surface area (Å²) in [7, 11) is 0. The fourth-order valence-electron chi connectivity index (χ4n) is 2.27. The Kier molecular flexibility index (Phi) is 3.68. The van der Waals surface area contributed by atoms with E-state index in [1.54, 1.807) is 24.4 Å². The topological polar surface area (TPSA) is 65.9 Å². The maximum atomic E-state index is 11.6. The maximum absolute atomic E-state index is 11.6. The van der Waals surface area contributed by atoms with Crippen molar-refractivity contribution in [3.05, 3.63) is 51.4 Å². The van der Waals surface area contributed by atoms with Gasteiger partial charge in [-0.2, -0.15) is 5.26 Å². The number of rotatable bonds is 3. The van der Waals surface area contributed by atoms with Gasteiger partial charge in [-0.05, 0) is 37.5 Å². The number of aromatic nitrogens is 1. The van der Waals surface area contributed by atoms with E-state index < -0.39 is 0 Å². The fourth-order valence-corrected chi connectivity index (χ4v) is 2.44. The number of aromatic amines is 1. The molecule has 5 heteroatoms. The van der Waals surface area contributed by atoms with Gasteiger partial charge in [0.25, 0.3) is 0 Å². The second kappa shape index (κ2) is 5.63. The zero-order chi connectivity index (χ0) is 14.8. The highest BCUT2D eigenvalue weighted by Crippen LogP contribution is 2.35. The highest BCUT2D eigenvalue weighted by Gasteiger charge is 2.21. The average molecular weight is 301 g/mol. The second-order valence-corrected chi connectivity index (χ2v) is 5.48. The van der Waals surface area contributed by atoms with Crippen molar-refractivity contribution in [2.75, 3.05) is 0 Å². The lowest BCUT2D eigenvalue weighted by Gasteiger charge is -2.27. The van der Waals surface area contributed by atoms with E-state index in [1.165, 1.54) is 6.07 Å². The van der Waals surface area contributed by atoms with E-state index in [2.05, 4.69) is 11.1 Å². The molecule has 1 aromatic heterocycles. The number of benzene rings is 1. The molecule has 1 saturated carbocycles. The summed E-state index contributed by atoms with van der Waals surface area (Å²) in [6, 6.07) is 8.55. The number of ether oxygens (including phenoxy) is 1. The molecule has 1 aliphatic carbocycles. The Bertz CT molecular complexity index is 773. The first-order valence-electron chi connectivity index (χ1n) is 6.77. The third-order valence-corrected chi connectivity index (χ3v) is 3.86. The number of nitriles is 1. The molecule has 1 heterocycles. The van der Waals surface area contributed by atoms with Crippen LogP contribution in [0.2, 0.25) is 5.02 Å². The van der Waals surface area contributed by atoms with Crippen LogP contribution < -0.4 is 10.3 Å². The summed E-state index contributed by atoms with van der Waals surface area (Å²) in [5.41, 5.74) is 1.44. The molecule has 3 rings (SSSR count). The molecule has 0 saturated heterocycles. The van der Waals surface area contributed by atoms with Crippen molar-refractivity contribution in [3.8, 4) is 22.9 Å². The van der Waals surface area contributed by atoms with E-state index in [0.29, 0.717) is 27.5 Å². The van der Waals surface area contributed by atoms with Crippen molar-refractivity contribution >= 4 is 11.6 Å². The summed E-state index contributed by atoms with van der Waals surface area (Å²) < 4.78 is 5.91. The van der Waals surface area contributed by atoms with Crippen molar-refractivity contribution < 1.29 is 4.74 Å². The summed E-state index contributed by atoms with van der Waals surface area (Å²) in [6.45, 7) is 0. The molecular formula is C16H13ClN2O2. The monoisotopic (exact) mass is 300 g/mol. The minimum atomic E-state index is -0.241. The summed E-state index contributed by atoms with van der Waals surface area (Å²) >= 11 is 6.02. The number of pyridine rings is 1. The Morgan fingerprint density at radius 2 is 2.10 bits per heavy atom. The lowest BCUT2D eigenvalue weighted by atomic mass is 9.95. The largest absolute Gasteiger partial charge is 0.488 e. The van der Waals surface area contributed by atoms with Crippen LogP contribution in [0, 0.1) is 11.3 Å². The molecule has 0 aliphatic heterocycles. The third-order valence-electron chi connectivity index (χ3n) is 3.62. The number of halogens is 1. The smallest absolute Gasteiger partial charge is 0.248 e. The SMILES string of the molecule is N#Cc1ccc(Cl)cc1-c1cc(=O)[nH]cc1OC1CCC1. The van der Waals surface area contributed by atoms with E-state index in [0.717, 1.165) is 19.3 Å². The van der Waals surface area contributed by atoms with Crippen LogP contribution in [0.1, 0.15) is 24.8 Å². The first kappa shape index (κ1) is 13.7. The standard InChI is InChI=1S/C16H13ClN2O2/c17-11-5-4-10(8-18)13(6-11)14-7-16(20)19-9-15(14)21-12-2-1-3-12/h4-7,9,12H,1-3H2,(H,19,20).